The molecule has 0 fully saturated rings. The van der Waals surface area contributed by atoms with Crippen molar-refractivity contribution < 1.29 is 18.6 Å². The average molecular weight is 638 g/mol. The van der Waals surface area contributed by atoms with Gasteiger partial charge in [-0.25, -0.2) is 0 Å². The van der Waals surface area contributed by atoms with Crippen LogP contribution in [-0.2, 0) is 9.16 Å². The van der Waals surface area contributed by atoms with Gasteiger partial charge in [-0.1, -0.05) is 105 Å². The van der Waals surface area contributed by atoms with Gasteiger partial charge in [0.1, 0.15) is 12.2 Å². The number of fused-ring (bicyclic) bond motifs is 3. The molecule has 0 bridgehead atoms. The topological polar surface area (TPSA) is 41.9 Å². The minimum Gasteiger partial charge on any atom is -0.493 e. The van der Waals surface area contributed by atoms with Gasteiger partial charge in [-0.05, 0) is 51.8 Å². The fourth-order valence-electron chi connectivity index (χ4n) is 6.79. The van der Waals surface area contributed by atoms with Crippen LogP contribution in [0.1, 0.15) is 56.2 Å². The fourth-order valence-corrected chi connectivity index (χ4v) is 11.6. The Morgan fingerprint density at radius 1 is 0.778 bits per heavy atom. The van der Waals surface area contributed by atoms with Gasteiger partial charge >= 0.3 is 0 Å². The van der Waals surface area contributed by atoms with E-state index in [1.165, 1.54) is 10.4 Å². The lowest BCUT2D eigenvalue weighted by atomic mass is 9.98. The van der Waals surface area contributed by atoms with E-state index in [1.807, 2.05) is 30.3 Å². The Hall–Kier alpha value is -3.81. The SMILES string of the molecule is COc1cccc([C@H]2O[C@H](CCO[Si](c3ccccc3)(c3ccccc3)C(C)(C)C)c3cccn3-c3ccc(Cl)cc32)c1OC. The molecule has 5 nitrogen and oxygen atoms in total. The maximum absolute atomic E-state index is 7.30. The van der Waals surface area contributed by atoms with Gasteiger partial charge < -0.3 is 23.2 Å². The molecule has 0 saturated heterocycles. The van der Waals surface area contributed by atoms with Crippen LogP contribution < -0.4 is 19.8 Å². The summed E-state index contributed by atoms with van der Waals surface area (Å²) in [6.45, 7) is 7.43. The normalized spacial score (nSPS) is 16.4. The molecule has 6 rings (SSSR count). The third-order valence-corrected chi connectivity index (χ3v) is 14.1. The van der Waals surface area contributed by atoms with Crippen LogP contribution in [0.15, 0.2) is 115 Å². The number of aromatic nitrogens is 1. The summed E-state index contributed by atoms with van der Waals surface area (Å²) < 4.78 is 28.2. The molecule has 0 spiro atoms. The van der Waals surface area contributed by atoms with E-state index in [4.69, 9.17) is 30.2 Å². The fraction of sp³-hybridized carbons (Fsp3) is 0.263. The van der Waals surface area contributed by atoms with Crippen LogP contribution in [0.25, 0.3) is 5.69 Å². The van der Waals surface area contributed by atoms with Gasteiger partial charge in [-0.15, -0.1) is 0 Å². The standard InChI is InChI=1S/C38H40ClNO4Si/c1-38(2,3)45(28-14-8-6-9-15-28,29-16-10-7-11-17-29)43-25-23-34-33-19-13-24-40(33)32-22-21-27(39)26-31(32)36(44-34)30-18-12-20-35(41-4)37(30)42-5/h6-22,24,26,34,36H,23,25H2,1-5H3/t34-,36-/m1/s1. The number of ether oxygens (including phenoxy) is 3. The van der Waals surface area contributed by atoms with E-state index >= 15 is 0 Å². The van der Waals surface area contributed by atoms with Gasteiger partial charge in [0.25, 0.3) is 8.32 Å². The van der Waals surface area contributed by atoms with Gasteiger partial charge in [-0.2, -0.15) is 0 Å². The summed E-state index contributed by atoms with van der Waals surface area (Å²) in [5, 5.41) is 3.04. The number of rotatable bonds is 9. The highest BCUT2D eigenvalue weighted by Crippen LogP contribution is 2.46. The van der Waals surface area contributed by atoms with Crippen LogP contribution in [0.5, 0.6) is 11.5 Å². The summed E-state index contributed by atoms with van der Waals surface area (Å²) >= 11 is 6.61. The Morgan fingerprint density at radius 3 is 2.09 bits per heavy atom. The third kappa shape index (κ3) is 5.72. The van der Waals surface area contributed by atoms with E-state index in [2.05, 4.69) is 110 Å². The van der Waals surface area contributed by atoms with Crippen molar-refractivity contribution in [2.45, 2.75) is 44.4 Å². The number of hydrogen-bond donors (Lipinski definition) is 0. The van der Waals surface area contributed by atoms with E-state index in [1.54, 1.807) is 14.2 Å². The molecule has 1 aliphatic rings. The number of benzene rings is 4. The van der Waals surface area contributed by atoms with E-state index in [9.17, 15) is 0 Å². The number of halogens is 1. The van der Waals surface area contributed by atoms with Crippen molar-refractivity contribution in [3.8, 4) is 17.2 Å². The Kier molecular flexibility index (Phi) is 8.93. The maximum Gasteiger partial charge on any atom is 0.261 e. The molecule has 0 N–H and O–H groups in total. The first-order valence-electron chi connectivity index (χ1n) is 15.4. The summed E-state index contributed by atoms with van der Waals surface area (Å²) in [6, 6.07) is 37.6. The molecule has 0 amide bonds. The van der Waals surface area contributed by atoms with Crippen LogP contribution in [0.4, 0.5) is 0 Å². The summed E-state index contributed by atoms with van der Waals surface area (Å²) in [7, 11) is 0.595. The Balaban J connectivity index is 1.41. The molecular weight excluding hydrogens is 598 g/mol. The van der Waals surface area contributed by atoms with E-state index in [0.29, 0.717) is 29.5 Å². The van der Waals surface area contributed by atoms with Crippen molar-refractivity contribution in [2.24, 2.45) is 0 Å². The van der Waals surface area contributed by atoms with Gasteiger partial charge in [0, 0.05) is 35.4 Å². The smallest absolute Gasteiger partial charge is 0.261 e. The van der Waals surface area contributed by atoms with Crippen molar-refractivity contribution in [1.82, 2.24) is 4.57 Å². The first kappa shape index (κ1) is 31.2. The monoisotopic (exact) mass is 637 g/mol. The quantitative estimate of drug-likeness (QED) is 0.153. The van der Waals surface area contributed by atoms with Gasteiger partial charge in [0.2, 0.25) is 0 Å². The maximum atomic E-state index is 7.30. The molecule has 2 atom stereocenters. The van der Waals surface area contributed by atoms with Crippen LogP contribution in [-0.4, -0.2) is 33.7 Å². The second-order valence-electron chi connectivity index (χ2n) is 12.4. The predicted molar refractivity (Wildman–Crippen MR) is 184 cm³/mol. The average Bonchev–Trinajstić information content (AvgIpc) is 3.50. The predicted octanol–water partition coefficient (Wildman–Crippen LogP) is 8.28. The number of methoxy groups -OCH3 is 2. The largest absolute Gasteiger partial charge is 0.493 e. The van der Waals surface area contributed by atoms with Crippen molar-refractivity contribution in [1.29, 1.82) is 0 Å². The summed E-state index contributed by atoms with van der Waals surface area (Å²) in [5.74, 6) is 1.29. The van der Waals surface area contributed by atoms with Crippen molar-refractivity contribution in [3.05, 3.63) is 137 Å². The molecule has 0 radical (unpaired) electrons. The van der Waals surface area contributed by atoms with E-state index in [-0.39, 0.29) is 11.1 Å². The molecule has 45 heavy (non-hydrogen) atoms. The zero-order valence-corrected chi connectivity index (χ0v) is 28.3. The van der Waals surface area contributed by atoms with Crippen LogP contribution in [0.3, 0.4) is 0 Å². The van der Waals surface area contributed by atoms with Gasteiger partial charge in [-0.3, -0.25) is 0 Å². The molecular formula is C38H40ClNO4Si. The molecule has 2 heterocycles. The Bertz CT molecular complexity index is 1710. The first-order chi connectivity index (χ1) is 21.8. The summed E-state index contributed by atoms with van der Waals surface area (Å²) in [5.41, 5.74) is 3.92. The highest BCUT2D eigenvalue weighted by molar-refractivity contribution is 6.99. The highest BCUT2D eigenvalue weighted by Gasteiger charge is 2.50. The lowest BCUT2D eigenvalue weighted by molar-refractivity contribution is -0.00610. The first-order valence-corrected chi connectivity index (χ1v) is 17.7. The zero-order valence-electron chi connectivity index (χ0n) is 26.5. The number of nitrogens with zero attached hydrogens (tertiary/aromatic N) is 1. The summed E-state index contributed by atoms with van der Waals surface area (Å²) in [4.78, 5) is 0. The minimum atomic E-state index is -2.72. The van der Waals surface area contributed by atoms with Crippen molar-refractivity contribution in [3.63, 3.8) is 0 Å². The van der Waals surface area contributed by atoms with Crippen molar-refractivity contribution in [2.75, 3.05) is 20.8 Å². The second-order valence-corrected chi connectivity index (χ2v) is 17.1. The van der Waals surface area contributed by atoms with Gasteiger partial charge in [0.15, 0.2) is 11.5 Å². The Morgan fingerprint density at radius 2 is 1.47 bits per heavy atom. The van der Waals surface area contributed by atoms with Crippen LogP contribution in [0.2, 0.25) is 10.1 Å². The molecule has 0 unspecified atom stereocenters. The van der Waals surface area contributed by atoms with E-state index in [0.717, 1.165) is 22.5 Å². The highest BCUT2D eigenvalue weighted by atomic mass is 35.5. The van der Waals surface area contributed by atoms with E-state index < -0.39 is 14.4 Å². The molecule has 0 saturated carbocycles. The van der Waals surface area contributed by atoms with Crippen LogP contribution in [0, 0.1) is 0 Å². The molecule has 1 aliphatic heterocycles. The number of hydrogen-bond acceptors (Lipinski definition) is 4. The number of para-hydroxylation sites is 1. The molecule has 5 aromatic rings. The minimum absolute atomic E-state index is 0.121. The molecule has 4 aromatic carbocycles. The molecule has 1 aromatic heterocycles. The van der Waals surface area contributed by atoms with Crippen molar-refractivity contribution >= 4 is 30.3 Å². The lowest BCUT2D eigenvalue weighted by Gasteiger charge is -2.43. The molecule has 7 heteroatoms. The van der Waals surface area contributed by atoms with Gasteiger partial charge in [0.05, 0.1) is 25.6 Å². The summed E-state index contributed by atoms with van der Waals surface area (Å²) in [6.07, 6.45) is 2.01. The Labute approximate surface area is 272 Å². The third-order valence-electron chi connectivity index (χ3n) is 8.77. The van der Waals surface area contributed by atoms with Crippen LogP contribution >= 0.6 is 11.6 Å². The lowest BCUT2D eigenvalue weighted by Crippen LogP contribution is -2.66. The second kappa shape index (κ2) is 12.9. The zero-order chi connectivity index (χ0) is 31.6. The molecule has 232 valence electrons. The molecule has 0 aliphatic carbocycles.